The molecule has 0 saturated carbocycles. The van der Waals surface area contributed by atoms with Gasteiger partial charge >= 0.3 is 6.18 Å². The van der Waals surface area contributed by atoms with Crippen molar-refractivity contribution in [1.82, 2.24) is 5.43 Å². The van der Waals surface area contributed by atoms with Gasteiger partial charge in [-0.3, -0.25) is 9.59 Å². The fourth-order valence-electron chi connectivity index (χ4n) is 3.38. The molecule has 1 unspecified atom stereocenters. The van der Waals surface area contributed by atoms with E-state index >= 15 is 0 Å². The molecule has 212 valence electrons. The zero-order valence-corrected chi connectivity index (χ0v) is 22.6. The van der Waals surface area contributed by atoms with E-state index in [0.29, 0.717) is 22.8 Å². The van der Waals surface area contributed by atoms with Crippen molar-refractivity contribution in [2.24, 2.45) is 5.10 Å². The summed E-state index contributed by atoms with van der Waals surface area (Å²) in [5.41, 5.74) is 2.55. The van der Waals surface area contributed by atoms with Gasteiger partial charge in [0.15, 0.2) is 0 Å². The number of carbonyl (C=O) groups is 2. The first-order chi connectivity index (χ1) is 19.0. The number of hydrazone groups is 1. The molecule has 0 fully saturated rings. The van der Waals surface area contributed by atoms with Crippen LogP contribution in [0, 0.1) is 0 Å². The number of thioether (sulfide) groups is 1. The number of aliphatic hydroxyl groups excluding tert-OH is 2. The molecule has 0 spiro atoms. The molecule has 8 nitrogen and oxygen atoms in total. The number of halogens is 4. The molecule has 3 rings (SSSR count). The van der Waals surface area contributed by atoms with Crippen LogP contribution in [0.4, 0.5) is 18.9 Å². The van der Waals surface area contributed by atoms with Gasteiger partial charge in [0.25, 0.3) is 11.8 Å². The summed E-state index contributed by atoms with van der Waals surface area (Å²) in [5, 5.41) is 24.4. The van der Waals surface area contributed by atoms with E-state index in [-0.39, 0.29) is 23.4 Å². The number of methoxy groups -OCH3 is 1. The monoisotopic (exact) mass is 595 g/mol. The fourth-order valence-corrected chi connectivity index (χ4v) is 4.51. The lowest BCUT2D eigenvalue weighted by molar-refractivity contribution is -0.137. The van der Waals surface area contributed by atoms with Crippen LogP contribution in [0.15, 0.2) is 65.8 Å². The van der Waals surface area contributed by atoms with E-state index in [1.165, 1.54) is 37.1 Å². The van der Waals surface area contributed by atoms with E-state index in [2.05, 4.69) is 15.8 Å². The number of anilines is 1. The summed E-state index contributed by atoms with van der Waals surface area (Å²) in [6.07, 6.45) is -4.45. The number of alkyl halides is 3. The second-order valence-electron chi connectivity index (χ2n) is 8.35. The van der Waals surface area contributed by atoms with E-state index in [9.17, 15) is 27.9 Å². The normalized spacial score (nSPS) is 12.3. The van der Waals surface area contributed by atoms with Crippen LogP contribution < -0.4 is 15.5 Å². The Morgan fingerprint density at radius 1 is 1.12 bits per heavy atom. The first-order valence-corrected chi connectivity index (χ1v) is 13.2. The summed E-state index contributed by atoms with van der Waals surface area (Å²) >= 11 is 7.02. The molecule has 0 aliphatic heterocycles. The number of carbonyl (C=O) groups excluding carboxylic acids is 2. The molecule has 0 radical (unpaired) electrons. The molecule has 0 heterocycles. The summed E-state index contributed by atoms with van der Waals surface area (Å²) < 4.78 is 44.5. The first-order valence-electron chi connectivity index (χ1n) is 11.7. The Bertz CT molecular complexity index is 1390. The molecular formula is C27H25ClF3N3O5S. The average molecular weight is 596 g/mol. The van der Waals surface area contributed by atoms with Gasteiger partial charge in [-0.05, 0) is 53.6 Å². The van der Waals surface area contributed by atoms with E-state index in [4.69, 9.17) is 21.4 Å². The Morgan fingerprint density at radius 2 is 1.90 bits per heavy atom. The van der Waals surface area contributed by atoms with Crippen molar-refractivity contribution in [1.29, 1.82) is 0 Å². The van der Waals surface area contributed by atoms with Crippen molar-refractivity contribution >= 4 is 47.1 Å². The third-order valence-electron chi connectivity index (χ3n) is 5.37. The number of aliphatic hydroxyl groups is 2. The molecule has 0 aliphatic carbocycles. The average Bonchev–Trinajstić information content (AvgIpc) is 2.93. The lowest BCUT2D eigenvalue weighted by atomic mass is 10.1. The minimum atomic E-state index is -4.65. The standard InChI is InChI=1S/C27H25ClF3N3O5S/c1-39-20-6-8-24(33-25(37)18-4-2-3-17(9-18)14-40-15-19(36)13-35)21(11-20)26(38)34-32-12-16-5-7-23(28)22(10-16)27(29,30)31/h2-12,19,35-36H,13-15H2,1H3,(H,33,37)(H,34,38)/b32-12-. The van der Waals surface area contributed by atoms with E-state index in [1.54, 1.807) is 24.3 Å². The van der Waals surface area contributed by atoms with Gasteiger partial charge in [0.2, 0.25) is 0 Å². The molecule has 3 aromatic carbocycles. The maximum atomic E-state index is 13.1. The SMILES string of the molecule is COc1ccc(NC(=O)c2cccc(CSCC(O)CO)c2)c(C(=O)N/N=C\c2ccc(Cl)c(C(F)(F)F)c2)c1. The fraction of sp³-hybridized carbons (Fsp3) is 0.222. The Kier molecular flexibility index (Phi) is 11.0. The Balaban J connectivity index is 1.74. The van der Waals surface area contributed by atoms with Gasteiger partial charge < -0.3 is 20.3 Å². The minimum absolute atomic E-state index is 0.00152. The van der Waals surface area contributed by atoms with Gasteiger partial charge in [-0.1, -0.05) is 29.8 Å². The van der Waals surface area contributed by atoms with Crippen molar-refractivity contribution in [3.8, 4) is 5.75 Å². The second kappa shape index (κ2) is 14.2. The van der Waals surface area contributed by atoms with Crippen LogP contribution in [0.5, 0.6) is 5.75 Å². The van der Waals surface area contributed by atoms with Crippen molar-refractivity contribution in [3.05, 3.63) is 93.5 Å². The Morgan fingerprint density at radius 3 is 2.60 bits per heavy atom. The summed E-state index contributed by atoms with van der Waals surface area (Å²) in [4.78, 5) is 25.9. The quantitative estimate of drug-likeness (QED) is 0.184. The number of hydrogen-bond acceptors (Lipinski definition) is 7. The summed E-state index contributed by atoms with van der Waals surface area (Å²) in [7, 11) is 1.40. The number of nitrogens with one attached hydrogen (secondary N) is 2. The van der Waals surface area contributed by atoms with Crippen LogP contribution in [0.25, 0.3) is 0 Å². The molecular weight excluding hydrogens is 571 g/mol. The van der Waals surface area contributed by atoms with Crippen molar-refractivity contribution in [2.45, 2.75) is 18.0 Å². The molecule has 1 atom stereocenters. The van der Waals surface area contributed by atoms with E-state index in [1.807, 2.05) is 6.07 Å². The smallest absolute Gasteiger partial charge is 0.417 e. The van der Waals surface area contributed by atoms with Gasteiger partial charge in [-0.15, -0.1) is 0 Å². The largest absolute Gasteiger partial charge is 0.497 e. The van der Waals surface area contributed by atoms with Gasteiger partial charge in [0.1, 0.15) is 5.75 Å². The van der Waals surface area contributed by atoms with Crippen LogP contribution in [-0.2, 0) is 11.9 Å². The van der Waals surface area contributed by atoms with E-state index in [0.717, 1.165) is 23.9 Å². The predicted molar refractivity (Wildman–Crippen MR) is 148 cm³/mol. The highest BCUT2D eigenvalue weighted by molar-refractivity contribution is 7.98. The van der Waals surface area contributed by atoms with Crippen molar-refractivity contribution in [2.75, 3.05) is 24.8 Å². The summed E-state index contributed by atoms with van der Waals surface area (Å²) in [6.45, 7) is -0.335. The number of amides is 2. The maximum Gasteiger partial charge on any atom is 0.417 e. The number of rotatable bonds is 11. The molecule has 0 saturated heterocycles. The zero-order chi connectivity index (χ0) is 29.3. The number of nitrogens with zero attached hydrogens (tertiary/aromatic N) is 1. The molecule has 13 heteroatoms. The molecule has 0 aliphatic rings. The molecule has 2 amide bonds. The summed E-state index contributed by atoms with van der Waals surface area (Å²) in [6, 6.07) is 14.4. The molecule has 3 aromatic rings. The third-order valence-corrected chi connectivity index (χ3v) is 6.86. The topological polar surface area (TPSA) is 120 Å². The second-order valence-corrected chi connectivity index (χ2v) is 9.79. The first kappa shape index (κ1) is 31.0. The Labute approximate surface area is 237 Å². The van der Waals surface area contributed by atoms with Gasteiger partial charge in [0.05, 0.1) is 47.9 Å². The van der Waals surface area contributed by atoms with Crippen LogP contribution >= 0.6 is 23.4 Å². The van der Waals surface area contributed by atoms with Crippen molar-refractivity contribution < 1.29 is 37.7 Å². The third kappa shape index (κ3) is 8.71. The van der Waals surface area contributed by atoms with Gasteiger partial charge in [-0.2, -0.15) is 30.0 Å². The number of hydrogen-bond donors (Lipinski definition) is 4. The molecule has 4 N–H and O–H groups in total. The van der Waals surface area contributed by atoms with Gasteiger partial charge in [0, 0.05) is 17.1 Å². The lowest BCUT2D eigenvalue weighted by Crippen LogP contribution is -2.21. The highest BCUT2D eigenvalue weighted by atomic mass is 35.5. The Hall–Kier alpha value is -3.58. The number of ether oxygens (including phenoxy) is 1. The maximum absolute atomic E-state index is 13.1. The highest BCUT2D eigenvalue weighted by Gasteiger charge is 2.33. The highest BCUT2D eigenvalue weighted by Crippen LogP contribution is 2.34. The van der Waals surface area contributed by atoms with Crippen LogP contribution in [0.1, 0.15) is 37.4 Å². The predicted octanol–water partition coefficient (Wildman–Crippen LogP) is 4.97. The summed E-state index contributed by atoms with van der Waals surface area (Å²) in [5.74, 6) is -0.0799. The van der Waals surface area contributed by atoms with Crippen LogP contribution in [0.3, 0.4) is 0 Å². The molecule has 0 aromatic heterocycles. The van der Waals surface area contributed by atoms with Gasteiger partial charge in [-0.25, -0.2) is 5.43 Å². The lowest BCUT2D eigenvalue weighted by Gasteiger charge is -2.13. The van der Waals surface area contributed by atoms with Crippen molar-refractivity contribution in [3.63, 3.8) is 0 Å². The van der Waals surface area contributed by atoms with E-state index < -0.39 is 34.7 Å². The number of benzene rings is 3. The molecule has 40 heavy (non-hydrogen) atoms. The van der Waals surface area contributed by atoms with Crippen LogP contribution in [-0.4, -0.2) is 53.8 Å². The van der Waals surface area contributed by atoms with Crippen LogP contribution in [0.2, 0.25) is 5.02 Å². The molecule has 0 bridgehead atoms. The minimum Gasteiger partial charge on any atom is -0.497 e. The zero-order valence-electron chi connectivity index (χ0n) is 21.0.